The first-order chi connectivity index (χ1) is 8.34. The zero-order valence-electron chi connectivity index (χ0n) is 10.9. The standard InChI is InChI=1S/C12H20N2O4/c1-12(2,7-18-3)14-11(17)13-9-5-4-8(6-9)10(15)16/h4-5,8-9H,6-7H2,1-3H3,(H,15,16)(H2,13,14,17). The summed E-state index contributed by atoms with van der Waals surface area (Å²) in [6, 6.07) is -0.554. The number of carboxylic acids is 1. The summed E-state index contributed by atoms with van der Waals surface area (Å²) in [6.07, 6.45) is 3.71. The van der Waals surface area contributed by atoms with Gasteiger partial charge in [-0.2, -0.15) is 0 Å². The second-order valence-electron chi connectivity index (χ2n) is 5.09. The first kappa shape index (κ1) is 14.5. The Morgan fingerprint density at radius 1 is 1.44 bits per heavy atom. The van der Waals surface area contributed by atoms with Gasteiger partial charge in [0.1, 0.15) is 0 Å². The van der Waals surface area contributed by atoms with Crippen LogP contribution in [0.3, 0.4) is 0 Å². The summed E-state index contributed by atoms with van der Waals surface area (Å²) in [6.45, 7) is 4.10. The van der Waals surface area contributed by atoms with Crippen LogP contribution in [0.15, 0.2) is 12.2 Å². The highest BCUT2D eigenvalue weighted by atomic mass is 16.5. The number of methoxy groups -OCH3 is 1. The van der Waals surface area contributed by atoms with E-state index in [1.54, 1.807) is 19.3 Å². The minimum absolute atomic E-state index is 0.232. The molecule has 0 aromatic rings. The number of nitrogens with one attached hydrogen (secondary N) is 2. The lowest BCUT2D eigenvalue weighted by Crippen LogP contribution is -2.52. The van der Waals surface area contributed by atoms with Gasteiger partial charge >= 0.3 is 12.0 Å². The molecule has 1 aliphatic rings. The van der Waals surface area contributed by atoms with Crippen molar-refractivity contribution in [1.29, 1.82) is 0 Å². The zero-order valence-corrected chi connectivity index (χ0v) is 10.9. The SMILES string of the molecule is COCC(C)(C)NC(=O)NC1C=CC(C(=O)O)C1. The van der Waals surface area contributed by atoms with Crippen LogP contribution >= 0.6 is 0 Å². The zero-order chi connectivity index (χ0) is 13.8. The number of rotatable bonds is 5. The molecule has 0 radical (unpaired) electrons. The van der Waals surface area contributed by atoms with Crippen molar-refractivity contribution in [3.8, 4) is 0 Å². The number of amides is 2. The lowest BCUT2D eigenvalue weighted by molar-refractivity contribution is -0.140. The molecule has 0 saturated heterocycles. The molecular weight excluding hydrogens is 236 g/mol. The Hall–Kier alpha value is -1.56. The fourth-order valence-corrected chi connectivity index (χ4v) is 1.90. The van der Waals surface area contributed by atoms with Gasteiger partial charge in [-0.1, -0.05) is 12.2 Å². The van der Waals surface area contributed by atoms with Gasteiger partial charge in [0.15, 0.2) is 0 Å². The molecule has 6 nitrogen and oxygen atoms in total. The maximum absolute atomic E-state index is 11.7. The molecule has 2 amide bonds. The van der Waals surface area contributed by atoms with E-state index in [0.717, 1.165) is 0 Å². The summed E-state index contributed by atoms with van der Waals surface area (Å²) in [5, 5.41) is 14.3. The molecule has 0 aromatic heterocycles. The predicted molar refractivity (Wildman–Crippen MR) is 66.3 cm³/mol. The van der Waals surface area contributed by atoms with Crippen LogP contribution in [-0.4, -0.2) is 42.4 Å². The highest BCUT2D eigenvalue weighted by Gasteiger charge is 2.27. The van der Waals surface area contributed by atoms with Crippen molar-refractivity contribution >= 4 is 12.0 Å². The maximum atomic E-state index is 11.7. The van der Waals surface area contributed by atoms with Crippen molar-refractivity contribution in [1.82, 2.24) is 10.6 Å². The average Bonchev–Trinajstić information content (AvgIpc) is 2.64. The number of carboxylic acid groups (broad SMARTS) is 1. The topological polar surface area (TPSA) is 87.7 Å². The molecular formula is C12H20N2O4. The minimum atomic E-state index is -0.865. The van der Waals surface area contributed by atoms with Crippen molar-refractivity contribution < 1.29 is 19.4 Å². The summed E-state index contributed by atoms with van der Waals surface area (Å²) >= 11 is 0. The Bertz CT molecular complexity index is 352. The summed E-state index contributed by atoms with van der Waals surface area (Å²) in [7, 11) is 1.57. The molecule has 1 aliphatic carbocycles. The van der Waals surface area contributed by atoms with Crippen molar-refractivity contribution in [3.63, 3.8) is 0 Å². The van der Waals surface area contributed by atoms with E-state index in [1.165, 1.54) is 0 Å². The van der Waals surface area contributed by atoms with Gasteiger partial charge < -0.3 is 20.5 Å². The fourth-order valence-electron chi connectivity index (χ4n) is 1.90. The lowest BCUT2D eigenvalue weighted by Gasteiger charge is -2.26. The number of urea groups is 1. The van der Waals surface area contributed by atoms with E-state index in [-0.39, 0.29) is 12.1 Å². The van der Waals surface area contributed by atoms with E-state index in [2.05, 4.69) is 10.6 Å². The molecule has 0 spiro atoms. The van der Waals surface area contributed by atoms with Crippen LogP contribution in [0.5, 0.6) is 0 Å². The number of carbonyl (C=O) groups excluding carboxylic acids is 1. The molecule has 0 bridgehead atoms. The molecule has 0 aliphatic heterocycles. The fraction of sp³-hybridized carbons (Fsp3) is 0.667. The van der Waals surface area contributed by atoms with E-state index in [0.29, 0.717) is 13.0 Å². The van der Waals surface area contributed by atoms with Crippen molar-refractivity contribution in [3.05, 3.63) is 12.2 Å². The lowest BCUT2D eigenvalue weighted by atomic mass is 10.1. The number of hydrogen-bond acceptors (Lipinski definition) is 3. The van der Waals surface area contributed by atoms with Crippen LogP contribution in [0.2, 0.25) is 0 Å². The summed E-state index contributed by atoms with van der Waals surface area (Å²) in [5.41, 5.74) is -0.465. The smallest absolute Gasteiger partial charge is 0.315 e. The van der Waals surface area contributed by atoms with Crippen molar-refractivity contribution in [2.24, 2.45) is 5.92 Å². The van der Waals surface area contributed by atoms with Crippen molar-refractivity contribution in [2.45, 2.75) is 31.8 Å². The van der Waals surface area contributed by atoms with Gasteiger partial charge in [-0.25, -0.2) is 4.79 Å². The third-order valence-electron chi connectivity index (χ3n) is 2.67. The quantitative estimate of drug-likeness (QED) is 0.633. The number of carbonyl (C=O) groups is 2. The van der Waals surface area contributed by atoms with Crippen LogP contribution in [0.4, 0.5) is 4.79 Å². The third kappa shape index (κ3) is 4.37. The van der Waals surface area contributed by atoms with Gasteiger partial charge in [0, 0.05) is 7.11 Å². The Labute approximate surface area is 106 Å². The Balaban J connectivity index is 2.39. The van der Waals surface area contributed by atoms with Crippen LogP contribution in [0.25, 0.3) is 0 Å². The summed E-state index contributed by atoms with van der Waals surface area (Å²) in [5.74, 6) is -1.38. The monoisotopic (exact) mass is 256 g/mol. The Morgan fingerprint density at radius 2 is 2.11 bits per heavy atom. The van der Waals surface area contributed by atoms with Gasteiger partial charge in [0.05, 0.1) is 24.1 Å². The Morgan fingerprint density at radius 3 is 2.61 bits per heavy atom. The minimum Gasteiger partial charge on any atom is -0.481 e. The Kier molecular flexibility index (Phi) is 4.72. The average molecular weight is 256 g/mol. The molecule has 6 heteroatoms. The largest absolute Gasteiger partial charge is 0.481 e. The van der Waals surface area contributed by atoms with Crippen LogP contribution in [0.1, 0.15) is 20.3 Å². The molecule has 0 aromatic carbocycles. The number of ether oxygens (including phenoxy) is 1. The van der Waals surface area contributed by atoms with Gasteiger partial charge in [-0.05, 0) is 20.3 Å². The van der Waals surface area contributed by atoms with E-state index in [9.17, 15) is 9.59 Å². The molecule has 1 rings (SSSR count). The second kappa shape index (κ2) is 5.86. The molecule has 18 heavy (non-hydrogen) atoms. The molecule has 2 unspecified atom stereocenters. The van der Waals surface area contributed by atoms with E-state index < -0.39 is 17.4 Å². The first-order valence-corrected chi connectivity index (χ1v) is 5.83. The molecule has 102 valence electrons. The van der Waals surface area contributed by atoms with Gasteiger partial charge in [0.25, 0.3) is 0 Å². The molecule has 0 fully saturated rings. The number of hydrogen-bond donors (Lipinski definition) is 3. The third-order valence-corrected chi connectivity index (χ3v) is 2.67. The highest BCUT2D eigenvalue weighted by Crippen LogP contribution is 2.17. The van der Waals surface area contributed by atoms with Gasteiger partial charge in [0.2, 0.25) is 0 Å². The normalized spacial score (nSPS) is 22.8. The van der Waals surface area contributed by atoms with Crippen LogP contribution < -0.4 is 10.6 Å². The van der Waals surface area contributed by atoms with Crippen LogP contribution in [0, 0.1) is 5.92 Å². The highest BCUT2D eigenvalue weighted by molar-refractivity contribution is 5.76. The second-order valence-corrected chi connectivity index (χ2v) is 5.09. The van der Waals surface area contributed by atoms with Gasteiger partial charge in [-0.3, -0.25) is 4.79 Å². The van der Waals surface area contributed by atoms with Gasteiger partial charge in [-0.15, -0.1) is 0 Å². The predicted octanol–water partition coefficient (Wildman–Crippen LogP) is 0.740. The molecule has 0 heterocycles. The van der Waals surface area contributed by atoms with E-state index in [4.69, 9.17) is 9.84 Å². The molecule has 2 atom stereocenters. The maximum Gasteiger partial charge on any atom is 0.315 e. The molecule has 3 N–H and O–H groups in total. The van der Waals surface area contributed by atoms with E-state index >= 15 is 0 Å². The van der Waals surface area contributed by atoms with Crippen LogP contribution in [-0.2, 0) is 9.53 Å². The summed E-state index contributed by atoms with van der Waals surface area (Å²) < 4.78 is 4.99. The summed E-state index contributed by atoms with van der Waals surface area (Å²) in [4.78, 5) is 22.5. The first-order valence-electron chi connectivity index (χ1n) is 5.83. The molecule has 0 saturated carbocycles. The van der Waals surface area contributed by atoms with Crippen molar-refractivity contribution in [2.75, 3.05) is 13.7 Å². The number of aliphatic carboxylic acids is 1. The van der Waals surface area contributed by atoms with E-state index in [1.807, 2.05) is 13.8 Å².